The molecule has 4 N–H and O–H groups in total. The van der Waals surface area contributed by atoms with E-state index in [9.17, 15) is 10.2 Å². The van der Waals surface area contributed by atoms with Gasteiger partial charge < -0.3 is 15.9 Å². The number of nitrogens with zero attached hydrogens (tertiary/aromatic N) is 5. The Morgan fingerprint density at radius 2 is 1.71 bits per heavy atom. The first-order chi connectivity index (χ1) is 11.6. The van der Waals surface area contributed by atoms with Crippen LogP contribution < -0.4 is 5.73 Å². The molecule has 9 nitrogen and oxygen atoms in total. The van der Waals surface area contributed by atoms with Crippen LogP contribution in [0.3, 0.4) is 0 Å². The van der Waals surface area contributed by atoms with Crippen LogP contribution in [-0.4, -0.2) is 26.7 Å². The van der Waals surface area contributed by atoms with Crippen LogP contribution in [0.25, 0.3) is 0 Å². The van der Waals surface area contributed by atoms with E-state index < -0.39 is 0 Å². The molecule has 0 amide bonds. The van der Waals surface area contributed by atoms with Gasteiger partial charge in [-0.1, -0.05) is 0 Å². The number of hydrogen-bond donors (Lipinski definition) is 3. The maximum atomic E-state index is 9.89. The second-order valence-corrected chi connectivity index (χ2v) is 4.69. The largest absolute Gasteiger partial charge is 0.508 e. The van der Waals surface area contributed by atoms with Gasteiger partial charge in [0.1, 0.15) is 11.5 Å². The van der Waals surface area contributed by atoms with Crippen LogP contribution in [0, 0.1) is 0 Å². The zero-order chi connectivity index (χ0) is 16.9. The molecular weight excluding hydrogens is 312 g/mol. The lowest BCUT2D eigenvalue weighted by atomic mass is 10.2. The van der Waals surface area contributed by atoms with E-state index in [1.807, 2.05) is 0 Å². The van der Waals surface area contributed by atoms with Gasteiger partial charge in [0, 0.05) is 11.8 Å². The first kappa shape index (κ1) is 15.2. The van der Waals surface area contributed by atoms with Crippen molar-refractivity contribution in [3.05, 3.63) is 48.0 Å². The number of aliphatic imine (C=N–C) groups is 1. The van der Waals surface area contributed by atoms with Gasteiger partial charge in [-0.15, -0.1) is 10.2 Å². The summed E-state index contributed by atoms with van der Waals surface area (Å²) < 4.78 is 4.41. The first-order valence-corrected chi connectivity index (χ1v) is 6.78. The molecule has 0 saturated heterocycles. The predicted octanol–water partition coefficient (Wildman–Crippen LogP) is 3.23. The molecule has 120 valence electrons. The lowest BCUT2D eigenvalue weighted by Crippen LogP contribution is -1.83. The third kappa shape index (κ3) is 3.53. The summed E-state index contributed by atoms with van der Waals surface area (Å²) >= 11 is 0. The van der Waals surface area contributed by atoms with Crippen LogP contribution >= 0.6 is 0 Å². The van der Waals surface area contributed by atoms with Crippen molar-refractivity contribution in [2.45, 2.75) is 0 Å². The number of benzene rings is 2. The van der Waals surface area contributed by atoms with Crippen molar-refractivity contribution in [3.63, 3.8) is 0 Å². The van der Waals surface area contributed by atoms with Gasteiger partial charge in [0.25, 0.3) is 5.82 Å². The monoisotopic (exact) mass is 324 g/mol. The van der Waals surface area contributed by atoms with Gasteiger partial charge in [-0.2, -0.15) is 0 Å². The molecule has 24 heavy (non-hydrogen) atoms. The number of nitrogen functional groups attached to an aromatic ring is 1. The fraction of sp³-hybridized carbons (Fsp3) is 0. The lowest BCUT2D eigenvalue weighted by molar-refractivity contribution is 0.310. The number of nitrogens with two attached hydrogens (primary N) is 1. The molecule has 3 aromatic rings. The Morgan fingerprint density at radius 3 is 2.42 bits per heavy atom. The van der Waals surface area contributed by atoms with Crippen LogP contribution in [0.4, 0.5) is 23.0 Å². The van der Waals surface area contributed by atoms with E-state index in [4.69, 9.17) is 5.73 Å². The SMILES string of the molecule is Nc1nonc1N=Nc1ccc(O)c(C=Nc2ccc(O)cc2)c1. The lowest BCUT2D eigenvalue weighted by Gasteiger charge is -2.00. The molecule has 0 spiro atoms. The summed E-state index contributed by atoms with van der Waals surface area (Å²) in [5, 5.41) is 33.8. The van der Waals surface area contributed by atoms with E-state index in [0.29, 0.717) is 16.9 Å². The number of azo groups is 1. The summed E-state index contributed by atoms with van der Waals surface area (Å²) in [6.07, 6.45) is 1.48. The van der Waals surface area contributed by atoms with E-state index in [1.165, 1.54) is 24.4 Å². The Balaban J connectivity index is 1.82. The van der Waals surface area contributed by atoms with Crippen LogP contribution in [0.5, 0.6) is 11.5 Å². The number of phenolic OH excluding ortho intramolecular Hbond substituents is 2. The first-order valence-electron chi connectivity index (χ1n) is 6.78. The summed E-state index contributed by atoms with van der Waals surface area (Å²) in [5.41, 5.74) is 7.02. The number of hydrogen-bond acceptors (Lipinski definition) is 9. The molecule has 0 aliphatic carbocycles. The highest BCUT2D eigenvalue weighted by Gasteiger charge is 2.05. The van der Waals surface area contributed by atoms with Crippen molar-refractivity contribution in [2.75, 3.05) is 5.73 Å². The third-order valence-electron chi connectivity index (χ3n) is 2.97. The number of aromatic hydroxyl groups is 2. The standard InChI is InChI=1S/C15H12N6O3/c16-14-15(21-24-20-14)19-18-11-3-6-13(23)9(7-11)8-17-10-1-4-12(22)5-2-10/h1-8,22-23H,(H2,16,20). The van der Waals surface area contributed by atoms with E-state index in [2.05, 4.69) is 30.2 Å². The van der Waals surface area contributed by atoms with Crippen molar-refractivity contribution >= 4 is 29.2 Å². The molecule has 2 aromatic carbocycles. The number of rotatable bonds is 4. The minimum atomic E-state index is 0.0339. The maximum absolute atomic E-state index is 9.89. The minimum Gasteiger partial charge on any atom is -0.508 e. The summed E-state index contributed by atoms with van der Waals surface area (Å²) in [4.78, 5) is 4.22. The van der Waals surface area contributed by atoms with Crippen molar-refractivity contribution in [1.29, 1.82) is 0 Å². The molecule has 0 aliphatic rings. The molecule has 0 atom stereocenters. The Labute approximate surface area is 135 Å². The molecule has 0 aliphatic heterocycles. The molecule has 0 unspecified atom stereocenters. The van der Waals surface area contributed by atoms with Gasteiger partial charge in [-0.05, 0) is 52.8 Å². The van der Waals surface area contributed by atoms with Crippen LogP contribution in [0.15, 0.2) is 62.3 Å². The highest BCUT2D eigenvalue weighted by molar-refractivity contribution is 5.86. The second-order valence-electron chi connectivity index (χ2n) is 4.69. The van der Waals surface area contributed by atoms with Gasteiger partial charge >= 0.3 is 0 Å². The zero-order valence-electron chi connectivity index (χ0n) is 12.2. The summed E-state index contributed by atoms with van der Waals surface area (Å²) in [7, 11) is 0. The van der Waals surface area contributed by atoms with Gasteiger partial charge in [0.2, 0.25) is 5.82 Å². The van der Waals surface area contributed by atoms with Crippen LogP contribution in [0.1, 0.15) is 5.56 Å². The highest BCUT2D eigenvalue weighted by Crippen LogP contribution is 2.25. The van der Waals surface area contributed by atoms with Crippen molar-refractivity contribution < 1.29 is 14.8 Å². The Hall–Kier alpha value is -3.75. The zero-order valence-corrected chi connectivity index (χ0v) is 12.2. The maximum Gasteiger partial charge on any atom is 0.261 e. The number of aromatic nitrogens is 2. The molecule has 1 heterocycles. The fourth-order valence-electron chi connectivity index (χ4n) is 1.76. The average Bonchev–Trinajstić information content (AvgIpc) is 2.99. The highest BCUT2D eigenvalue weighted by atomic mass is 16.6. The van der Waals surface area contributed by atoms with E-state index in [-0.39, 0.29) is 23.1 Å². The van der Waals surface area contributed by atoms with Gasteiger partial charge in [-0.25, -0.2) is 4.63 Å². The topological polar surface area (TPSA) is 142 Å². The normalized spacial score (nSPS) is 11.5. The van der Waals surface area contributed by atoms with E-state index in [0.717, 1.165) is 0 Å². The van der Waals surface area contributed by atoms with Gasteiger partial charge in [0.05, 0.1) is 11.4 Å². The Morgan fingerprint density at radius 1 is 0.958 bits per heavy atom. The van der Waals surface area contributed by atoms with E-state index in [1.54, 1.807) is 24.3 Å². The number of anilines is 1. The predicted molar refractivity (Wildman–Crippen MR) is 86.4 cm³/mol. The molecule has 3 rings (SSSR count). The van der Waals surface area contributed by atoms with Crippen molar-refractivity contribution in [2.24, 2.45) is 15.2 Å². The Bertz CT molecular complexity index is 902. The molecule has 9 heteroatoms. The van der Waals surface area contributed by atoms with Crippen LogP contribution in [-0.2, 0) is 0 Å². The smallest absolute Gasteiger partial charge is 0.261 e. The van der Waals surface area contributed by atoms with Crippen LogP contribution in [0.2, 0.25) is 0 Å². The Kier molecular flexibility index (Phi) is 4.15. The average molecular weight is 324 g/mol. The molecule has 0 fully saturated rings. The summed E-state index contributed by atoms with van der Waals surface area (Å²) in [6.45, 7) is 0. The fourth-order valence-corrected chi connectivity index (χ4v) is 1.76. The van der Waals surface area contributed by atoms with E-state index >= 15 is 0 Å². The molecule has 0 radical (unpaired) electrons. The quantitative estimate of drug-likeness (QED) is 0.496. The molecule has 0 saturated carbocycles. The molecule has 1 aromatic heterocycles. The second kappa shape index (κ2) is 6.57. The third-order valence-corrected chi connectivity index (χ3v) is 2.97. The van der Waals surface area contributed by atoms with Crippen molar-refractivity contribution in [3.8, 4) is 11.5 Å². The van der Waals surface area contributed by atoms with Gasteiger partial charge in [0.15, 0.2) is 0 Å². The molecular formula is C15H12N6O3. The minimum absolute atomic E-state index is 0.0339. The molecule has 0 bridgehead atoms. The number of phenols is 2. The summed E-state index contributed by atoms with van der Waals surface area (Å²) in [5.74, 6) is 0.300. The van der Waals surface area contributed by atoms with Crippen molar-refractivity contribution in [1.82, 2.24) is 10.3 Å². The van der Waals surface area contributed by atoms with Gasteiger partial charge in [-0.3, -0.25) is 4.99 Å². The summed E-state index contributed by atoms with van der Waals surface area (Å²) in [6, 6.07) is 11.0.